The molecule has 0 bridgehead atoms. The number of halogens is 2. The third-order valence-electron chi connectivity index (χ3n) is 1.66. The Bertz CT molecular complexity index is 333. The van der Waals surface area contributed by atoms with Gasteiger partial charge in [0.2, 0.25) is 0 Å². The van der Waals surface area contributed by atoms with Gasteiger partial charge in [0.05, 0.1) is 22.5 Å². The van der Waals surface area contributed by atoms with Crippen LogP contribution in [0.3, 0.4) is 0 Å². The van der Waals surface area contributed by atoms with Crippen molar-refractivity contribution in [3.8, 4) is 12.1 Å². The summed E-state index contributed by atoms with van der Waals surface area (Å²) in [6, 6.07) is 3.62. The molecule has 0 saturated carbocycles. The molecular weight excluding hydrogens is 247 g/mol. The molecule has 0 heterocycles. The fourth-order valence-electron chi connectivity index (χ4n) is 0.772. The third kappa shape index (κ3) is 4.20. The van der Waals surface area contributed by atoms with Gasteiger partial charge in [-0.1, -0.05) is 22.5 Å². The maximum absolute atomic E-state index is 13.2. The Kier molecular flexibility index (Phi) is 5.83. The molecule has 2 nitrogen and oxygen atoms in total. The van der Waals surface area contributed by atoms with E-state index in [2.05, 4.69) is 22.5 Å². The Morgan fingerprint density at radius 2 is 2.07 bits per heavy atom. The van der Waals surface area contributed by atoms with Crippen molar-refractivity contribution in [2.24, 2.45) is 0 Å². The first-order valence-electron chi connectivity index (χ1n) is 4.01. The van der Waals surface area contributed by atoms with E-state index in [9.17, 15) is 4.39 Å². The number of hydrogen-bond donors (Lipinski definition) is 0. The molecule has 0 saturated heterocycles. The second-order valence-electron chi connectivity index (χ2n) is 2.81. The van der Waals surface area contributed by atoms with Gasteiger partial charge in [-0.15, -0.1) is 0 Å². The largest absolute Gasteiger partial charge is 0.209 e. The second-order valence-corrected chi connectivity index (χ2v) is 3.91. The van der Waals surface area contributed by atoms with Crippen LogP contribution >= 0.6 is 15.9 Å². The lowest BCUT2D eigenvalue weighted by atomic mass is 10.1. The van der Waals surface area contributed by atoms with Gasteiger partial charge in [0.15, 0.2) is 0 Å². The number of nitrogens with zero attached hydrogens (tertiary/aromatic N) is 2. The summed E-state index contributed by atoms with van der Waals surface area (Å²) < 4.78 is 13.2. The topological polar surface area (TPSA) is 47.6 Å². The SMILES string of the molecule is C=C(C#N)CCC(Br)/C(F)=C(\C)C#N. The molecule has 0 aromatic heterocycles. The van der Waals surface area contributed by atoms with E-state index in [0.29, 0.717) is 18.4 Å². The van der Waals surface area contributed by atoms with Gasteiger partial charge in [-0.2, -0.15) is 10.5 Å². The molecular formula is C10H10BrFN2. The maximum atomic E-state index is 13.2. The Hall–Kier alpha value is -1.13. The van der Waals surface area contributed by atoms with Crippen LogP contribution in [-0.2, 0) is 0 Å². The quantitative estimate of drug-likeness (QED) is 0.572. The van der Waals surface area contributed by atoms with Crippen LogP contribution in [0.1, 0.15) is 19.8 Å². The van der Waals surface area contributed by atoms with Crippen LogP contribution in [0.5, 0.6) is 0 Å². The molecule has 0 aliphatic rings. The molecule has 1 atom stereocenters. The minimum atomic E-state index is -0.507. The Morgan fingerprint density at radius 3 is 2.50 bits per heavy atom. The number of alkyl halides is 1. The molecule has 0 fully saturated rings. The summed E-state index contributed by atoms with van der Waals surface area (Å²) in [7, 11) is 0. The molecule has 0 aromatic rings. The van der Waals surface area contributed by atoms with E-state index in [1.54, 1.807) is 6.07 Å². The number of rotatable bonds is 4. The first-order chi connectivity index (χ1) is 6.52. The van der Waals surface area contributed by atoms with Crippen molar-refractivity contribution < 1.29 is 4.39 Å². The summed E-state index contributed by atoms with van der Waals surface area (Å²) in [4.78, 5) is -0.507. The second kappa shape index (κ2) is 6.34. The fourth-order valence-corrected chi connectivity index (χ4v) is 1.34. The smallest absolute Gasteiger partial charge is 0.127 e. The van der Waals surface area contributed by atoms with Gasteiger partial charge in [0, 0.05) is 5.57 Å². The summed E-state index contributed by atoms with van der Waals surface area (Å²) in [6.45, 7) is 4.90. The lowest BCUT2D eigenvalue weighted by molar-refractivity contribution is 0.579. The molecule has 0 spiro atoms. The van der Waals surface area contributed by atoms with Crippen molar-refractivity contribution in [1.29, 1.82) is 10.5 Å². The van der Waals surface area contributed by atoms with Crippen molar-refractivity contribution in [3.63, 3.8) is 0 Å². The van der Waals surface area contributed by atoms with Gasteiger partial charge >= 0.3 is 0 Å². The van der Waals surface area contributed by atoms with Crippen molar-refractivity contribution in [2.75, 3.05) is 0 Å². The molecule has 0 radical (unpaired) electrons. The lowest BCUT2D eigenvalue weighted by Gasteiger charge is -2.06. The molecule has 14 heavy (non-hydrogen) atoms. The number of allylic oxidation sites excluding steroid dienone is 3. The third-order valence-corrected chi connectivity index (χ3v) is 2.52. The molecule has 0 aliphatic carbocycles. The zero-order valence-electron chi connectivity index (χ0n) is 7.85. The van der Waals surface area contributed by atoms with Crippen LogP contribution in [-0.4, -0.2) is 4.83 Å². The van der Waals surface area contributed by atoms with E-state index < -0.39 is 10.7 Å². The van der Waals surface area contributed by atoms with Gasteiger partial charge in [0.1, 0.15) is 5.83 Å². The normalized spacial score (nSPS) is 13.5. The highest BCUT2D eigenvalue weighted by atomic mass is 79.9. The summed E-state index contributed by atoms with van der Waals surface area (Å²) >= 11 is 3.11. The van der Waals surface area contributed by atoms with E-state index in [0.717, 1.165) is 0 Å². The number of nitriles is 2. The van der Waals surface area contributed by atoms with Crippen molar-refractivity contribution in [3.05, 3.63) is 23.6 Å². The molecule has 0 aromatic carbocycles. The van der Waals surface area contributed by atoms with Gasteiger partial charge in [-0.3, -0.25) is 0 Å². The van der Waals surface area contributed by atoms with Crippen LogP contribution in [0.15, 0.2) is 23.6 Å². The average Bonchev–Trinajstić information content (AvgIpc) is 2.22. The van der Waals surface area contributed by atoms with E-state index in [-0.39, 0.29) is 5.57 Å². The van der Waals surface area contributed by atoms with E-state index in [4.69, 9.17) is 10.5 Å². The predicted molar refractivity (Wildman–Crippen MR) is 56.1 cm³/mol. The highest BCUT2D eigenvalue weighted by Crippen LogP contribution is 2.23. The summed E-state index contributed by atoms with van der Waals surface area (Å²) in [6.07, 6.45) is 0.857. The summed E-state index contributed by atoms with van der Waals surface area (Å²) in [5.41, 5.74) is 0.478. The van der Waals surface area contributed by atoms with E-state index in [1.807, 2.05) is 6.07 Å². The standard InChI is InChI=1S/C10H10BrFN2/c1-7(5-13)3-4-9(11)10(12)8(2)6-14/h9H,1,3-4H2,2H3/b10-8-. The Labute approximate surface area is 91.5 Å². The van der Waals surface area contributed by atoms with Gasteiger partial charge in [0.25, 0.3) is 0 Å². The summed E-state index contributed by atoms with van der Waals surface area (Å²) in [5.74, 6) is -0.474. The molecule has 0 aliphatic heterocycles. The van der Waals surface area contributed by atoms with Gasteiger partial charge in [-0.05, 0) is 19.8 Å². The van der Waals surface area contributed by atoms with Crippen LogP contribution in [0.4, 0.5) is 4.39 Å². The van der Waals surface area contributed by atoms with Crippen molar-refractivity contribution in [2.45, 2.75) is 24.6 Å². The summed E-state index contributed by atoms with van der Waals surface area (Å²) in [5, 5.41) is 16.9. The number of hydrogen-bond acceptors (Lipinski definition) is 2. The minimum Gasteiger partial charge on any atom is -0.209 e. The van der Waals surface area contributed by atoms with Crippen molar-refractivity contribution in [1.82, 2.24) is 0 Å². The average molecular weight is 257 g/mol. The monoisotopic (exact) mass is 256 g/mol. The molecule has 74 valence electrons. The zero-order valence-corrected chi connectivity index (χ0v) is 9.44. The molecule has 0 rings (SSSR count). The van der Waals surface area contributed by atoms with Gasteiger partial charge < -0.3 is 0 Å². The maximum Gasteiger partial charge on any atom is 0.127 e. The van der Waals surface area contributed by atoms with Crippen LogP contribution in [0.2, 0.25) is 0 Å². The lowest BCUT2D eigenvalue weighted by Crippen LogP contribution is -2.00. The Morgan fingerprint density at radius 1 is 1.50 bits per heavy atom. The molecule has 0 amide bonds. The fraction of sp³-hybridized carbons (Fsp3) is 0.400. The molecule has 1 unspecified atom stereocenters. The van der Waals surface area contributed by atoms with Gasteiger partial charge in [-0.25, -0.2) is 4.39 Å². The molecule has 0 N–H and O–H groups in total. The first kappa shape index (κ1) is 12.9. The zero-order chi connectivity index (χ0) is 11.1. The van der Waals surface area contributed by atoms with Crippen molar-refractivity contribution >= 4 is 15.9 Å². The van der Waals surface area contributed by atoms with E-state index in [1.165, 1.54) is 6.92 Å². The van der Waals surface area contributed by atoms with E-state index >= 15 is 0 Å². The first-order valence-corrected chi connectivity index (χ1v) is 4.92. The predicted octanol–water partition coefficient (Wildman–Crippen LogP) is 3.38. The van der Waals surface area contributed by atoms with Crippen LogP contribution in [0, 0.1) is 22.7 Å². The Balaban J connectivity index is 4.26. The van der Waals surface area contributed by atoms with Crippen LogP contribution < -0.4 is 0 Å². The highest BCUT2D eigenvalue weighted by Gasteiger charge is 2.13. The van der Waals surface area contributed by atoms with Crippen LogP contribution in [0.25, 0.3) is 0 Å². The highest BCUT2D eigenvalue weighted by molar-refractivity contribution is 9.09. The minimum absolute atomic E-state index is 0.0643. The molecule has 4 heteroatoms.